The maximum atomic E-state index is 12.6. The van der Waals surface area contributed by atoms with Crippen molar-refractivity contribution >= 4 is 5.91 Å². The van der Waals surface area contributed by atoms with E-state index in [1.807, 2.05) is 44.2 Å². The lowest BCUT2D eigenvalue weighted by atomic mass is 10.1. The molecule has 2 rings (SSSR count). The van der Waals surface area contributed by atoms with Crippen molar-refractivity contribution in [3.05, 3.63) is 59.2 Å². The van der Waals surface area contributed by atoms with Crippen LogP contribution in [0.1, 0.15) is 30.0 Å². The summed E-state index contributed by atoms with van der Waals surface area (Å²) in [6, 6.07) is 15.1. The van der Waals surface area contributed by atoms with Crippen molar-refractivity contribution < 1.29 is 14.3 Å². The maximum Gasteiger partial charge on any atom is 0.260 e. The molecule has 2 aromatic rings. The highest BCUT2D eigenvalue weighted by molar-refractivity contribution is 5.78. The second-order valence-corrected chi connectivity index (χ2v) is 6.07. The lowest BCUT2D eigenvalue weighted by Gasteiger charge is -2.22. The zero-order valence-electron chi connectivity index (χ0n) is 15.5. The summed E-state index contributed by atoms with van der Waals surface area (Å²) in [6.45, 7) is 5.23. The van der Waals surface area contributed by atoms with E-state index in [1.165, 1.54) is 12.7 Å². The van der Waals surface area contributed by atoms with Crippen molar-refractivity contribution in [3.8, 4) is 17.6 Å². The first-order valence-corrected chi connectivity index (χ1v) is 8.61. The van der Waals surface area contributed by atoms with E-state index in [0.29, 0.717) is 30.2 Å². The molecule has 0 aliphatic heterocycles. The molecule has 0 atom stereocenters. The van der Waals surface area contributed by atoms with Crippen LogP contribution in [0.3, 0.4) is 0 Å². The molecule has 0 saturated carbocycles. The highest BCUT2D eigenvalue weighted by atomic mass is 16.5. The molecule has 0 aromatic heterocycles. The fourth-order valence-corrected chi connectivity index (χ4v) is 2.56. The number of benzene rings is 2. The number of rotatable bonds is 8. The van der Waals surface area contributed by atoms with Gasteiger partial charge in [-0.2, -0.15) is 5.26 Å². The quantitative estimate of drug-likeness (QED) is 0.727. The van der Waals surface area contributed by atoms with Gasteiger partial charge in [-0.15, -0.1) is 0 Å². The van der Waals surface area contributed by atoms with Crippen LogP contribution in [0.5, 0.6) is 11.5 Å². The number of aryl methyl sites for hydroxylation is 1. The van der Waals surface area contributed by atoms with E-state index in [-0.39, 0.29) is 12.5 Å². The highest BCUT2D eigenvalue weighted by Crippen LogP contribution is 2.27. The van der Waals surface area contributed by atoms with Crippen LogP contribution in [0.15, 0.2) is 42.5 Å². The molecule has 0 spiro atoms. The molecule has 2 aromatic carbocycles. The average Bonchev–Trinajstić information content (AvgIpc) is 2.67. The fraction of sp³-hybridized carbons (Fsp3) is 0.333. The Labute approximate surface area is 154 Å². The minimum atomic E-state index is -0.0844. The topological polar surface area (TPSA) is 62.6 Å². The molecule has 5 heteroatoms. The van der Waals surface area contributed by atoms with Gasteiger partial charge < -0.3 is 14.4 Å². The van der Waals surface area contributed by atoms with Crippen molar-refractivity contribution in [1.82, 2.24) is 4.90 Å². The number of ether oxygens (including phenoxy) is 2. The van der Waals surface area contributed by atoms with E-state index in [2.05, 4.69) is 0 Å². The van der Waals surface area contributed by atoms with E-state index in [9.17, 15) is 4.79 Å². The molecule has 0 heterocycles. The van der Waals surface area contributed by atoms with Gasteiger partial charge in [-0.05, 0) is 31.0 Å². The van der Waals surface area contributed by atoms with Gasteiger partial charge in [-0.25, -0.2) is 0 Å². The Hall–Kier alpha value is -3.00. The van der Waals surface area contributed by atoms with Crippen molar-refractivity contribution in [2.45, 2.75) is 26.8 Å². The van der Waals surface area contributed by atoms with Gasteiger partial charge in [0.25, 0.3) is 5.91 Å². The lowest BCUT2D eigenvalue weighted by molar-refractivity contribution is -0.134. The first-order chi connectivity index (χ1) is 12.6. The summed E-state index contributed by atoms with van der Waals surface area (Å²) in [5.74, 6) is 0.808. The number of nitrogens with zero attached hydrogens (tertiary/aromatic N) is 2. The van der Waals surface area contributed by atoms with E-state index in [4.69, 9.17) is 14.7 Å². The Morgan fingerprint density at radius 3 is 2.50 bits per heavy atom. The van der Waals surface area contributed by atoms with Crippen LogP contribution in [0.4, 0.5) is 0 Å². The predicted molar refractivity (Wildman–Crippen MR) is 100 cm³/mol. The predicted octanol–water partition coefficient (Wildman–Crippen LogP) is 3.69. The van der Waals surface area contributed by atoms with Crippen LogP contribution in [-0.2, 0) is 11.3 Å². The standard InChI is InChI=1S/C21H24N2O3/c1-4-11-23(14-17-7-5-16(2)6-8-17)21(24)15-26-19-10-9-18(13-22)12-20(19)25-3/h5-10,12H,4,11,14-15H2,1-3H3. The summed E-state index contributed by atoms with van der Waals surface area (Å²) in [5, 5.41) is 8.95. The average molecular weight is 352 g/mol. The minimum absolute atomic E-state index is 0.0753. The van der Waals surface area contributed by atoms with Gasteiger partial charge >= 0.3 is 0 Å². The summed E-state index contributed by atoms with van der Waals surface area (Å²) in [6.07, 6.45) is 0.873. The monoisotopic (exact) mass is 352 g/mol. The molecule has 0 N–H and O–H groups in total. The van der Waals surface area contributed by atoms with Crippen LogP contribution >= 0.6 is 0 Å². The van der Waals surface area contributed by atoms with Gasteiger partial charge in [0.1, 0.15) is 0 Å². The minimum Gasteiger partial charge on any atom is -0.493 e. The number of carbonyl (C=O) groups is 1. The Morgan fingerprint density at radius 2 is 1.88 bits per heavy atom. The molecule has 5 nitrogen and oxygen atoms in total. The molecule has 0 aliphatic rings. The summed E-state index contributed by atoms with van der Waals surface area (Å²) in [7, 11) is 1.51. The first kappa shape index (κ1) is 19.3. The summed E-state index contributed by atoms with van der Waals surface area (Å²) >= 11 is 0. The molecule has 0 saturated heterocycles. The largest absolute Gasteiger partial charge is 0.493 e. The molecule has 1 amide bonds. The second-order valence-electron chi connectivity index (χ2n) is 6.07. The Bertz CT molecular complexity index is 779. The molecular formula is C21H24N2O3. The molecule has 26 heavy (non-hydrogen) atoms. The number of methoxy groups -OCH3 is 1. The second kappa shape index (κ2) is 9.47. The van der Waals surface area contributed by atoms with Gasteiger partial charge in [0.2, 0.25) is 0 Å². The number of hydrogen-bond acceptors (Lipinski definition) is 4. The highest BCUT2D eigenvalue weighted by Gasteiger charge is 2.15. The van der Waals surface area contributed by atoms with Crippen LogP contribution in [0, 0.1) is 18.3 Å². The zero-order valence-corrected chi connectivity index (χ0v) is 15.5. The third kappa shape index (κ3) is 5.25. The first-order valence-electron chi connectivity index (χ1n) is 8.61. The molecule has 0 radical (unpaired) electrons. The van der Waals surface area contributed by atoms with Crippen LogP contribution in [0.25, 0.3) is 0 Å². The Balaban J connectivity index is 2.03. The van der Waals surface area contributed by atoms with E-state index in [1.54, 1.807) is 23.1 Å². The molecule has 0 aliphatic carbocycles. The number of hydrogen-bond donors (Lipinski definition) is 0. The van der Waals surface area contributed by atoms with Crippen LogP contribution in [0.2, 0.25) is 0 Å². The number of carbonyl (C=O) groups excluding carboxylic acids is 1. The van der Waals surface area contributed by atoms with Gasteiger partial charge in [-0.1, -0.05) is 36.8 Å². The van der Waals surface area contributed by atoms with E-state index < -0.39 is 0 Å². The van der Waals surface area contributed by atoms with Gasteiger partial charge in [0.05, 0.1) is 18.7 Å². The Morgan fingerprint density at radius 1 is 1.15 bits per heavy atom. The van der Waals surface area contributed by atoms with Crippen molar-refractivity contribution in [3.63, 3.8) is 0 Å². The van der Waals surface area contributed by atoms with Crippen LogP contribution < -0.4 is 9.47 Å². The van der Waals surface area contributed by atoms with Crippen molar-refractivity contribution in [2.75, 3.05) is 20.3 Å². The van der Waals surface area contributed by atoms with Gasteiger partial charge in [0, 0.05) is 19.2 Å². The number of nitriles is 1. The summed E-state index contributed by atoms with van der Waals surface area (Å²) < 4.78 is 10.9. The number of amides is 1. The molecule has 136 valence electrons. The maximum absolute atomic E-state index is 12.6. The van der Waals surface area contributed by atoms with Gasteiger partial charge in [0.15, 0.2) is 18.1 Å². The third-order valence-electron chi connectivity index (χ3n) is 3.98. The van der Waals surface area contributed by atoms with E-state index in [0.717, 1.165) is 12.0 Å². The van der Waals surface area contributed by atoms with Gasteiger partial charge in [-0.3, -0.25) is 4.79 Å². The lowest BCUT2D eigenvalue weighted by Crippen LogP contribution is -2.35. The summed E-state index contributed by atoms with van der Waals surface area (Å²) in [5.41, 5.74) is 2.76. The van der Waals surface area contributed by atoms with Crippen molar-refractivity contribution in [1.29, 1.82) is 5.26 Å². The Kier molecular flexibility index (Phi) is 7.04. The molecule has 0 unspecified atom stereocenters. The smallest absolute Gasteiger partial charge is 0.260 e. The molecule has 0 fully saturated rings. The zero-order chi connectivity index (χ0) is 18.9. The molecular weight excluding hydrogens is 328 g/mol. The summed E-state index contributed by atoms with van der Waals surface area (Å²) in [4.78, 5) is 14.4. The van der Waals surface area contributed by atoms with E-state index >= 15 is 0 Å². The SMILES string of the molecule is CCCN(Cc1ccc(C)cc1)C(=O)COc1ccc(C#N)cc1OC. The fourth-order valence-electron chi connectivity index (χ4n) is 2.56. The van der Waals surface area contributed by atoms with Crippen molar-refractivity contribution in [2.24, 2.45) is 0 Å². The normalized spacial score (nSPS) is 10.1. The third-order valence-corrected chi connectivity index (χ3v) is 3.98. The van der Waals surface area contributed by atoms with Crippen LogP contribution in [-0.4, -0.2) is 31.1 Å². The molecule has 0 bridgehead atoms.